The minimum atomic E-state index is -0.291. The molecule has 2 aromatic rings. The number of isocyanates is 1. The summed E-state index contributed by atoms with van der Waals surface area (Å²) >= 11 is 1.67. The Hall–Kier alpha value is -1.51. The van der Waals surface area contributed by atoms with Gasteiger partial charge in [0.15, 0.2) is 0 Å². The Morgan fingerprint density at radius 2 is 2.31 bits per heavy atom. The van der Waals surface area contributed by atoms with Gasteiger partial charge in [-0.15, -0.1) is 11.3 Å². The largest absolute Gasteiger partial charge is 0.242 e. The molecule has 1 aromatic heterocycles. The summed E-state index contributed by atoms with van der Waals surface area (Å²) in [5.74, 6) is 0. The number of aryl methyl sites for hydroxylation is 1. The van der Waals surface area contributed by atoms with Crippen LogP contribution in [0.2, 0.25) is 0 Å². The minimum absolute atomic E-state index is 0.291. The summed E-state index contributed by atoms with van der Waals surface area (Å²) < 4.78 is 1.16. The first-order valence-corrected chi connectivity index (χ1v) is 6.02. The van der Waals surface area contributed by atoms with Crippen molar-refractivity contribution in [3.63, 3.8) is 0 Å². The molecule has 0 atom stereocenters. The van der Waals surface area contributed by atoms with Crippen molar-refractivity contribution < 1.29 is 4.79 Å². The molecule has 1 aliphatic rings. The maximum absolute atomic E-state index is 10.5. The van der Waals surface area contributed by atoms with Gasteiger partial charge < -0.3 is 0 Å². The Morgan fingerprint density at radius 1 is 1.50 bits per heavy atom. The quantitative estimate of drug-likeness (QED) is 0.588. The fraction of sp³-hybridized carbons (Fsp3) is 0.333. The molecule has 1 saturated carbocycles. The first kappa shape index (κ1) is 9.70. The molecule has 0 radical (unpaired) electrons. The highest BCUT2D eigenvalue weighted by Crippen LogP contribution is 2.51. The first-order valence-electron chi connectivity index (χ1n) is 5.21. The summed E-state index contributed by atoms with van der Waals surface area (Å²) in [4.78, 5) is 18.9. The highest BCUT2D eigenvalue weighted by molar-refractivity contribution is 7.18. The number of aliphatic imine (C=N–C) groups is 1. The molecule has 80 valence electrons. The van der Waals surface area contributed by atoms with Gasteiger partial charge in [0.25, 0.3) is 0 Å². The van der Waals surface area contributed by atoms with E-state index >= 15 is 0 Å². The Kier molecular flexibility index (Phi) is 1.96. The molecular formula is C12H10N2OS. The van der Waals surface area contributed by atoms with E-state index in [0.717, 1.165) is 33.6 Å². The van der Waals surface area contributed by atoms with E-state index in [9.17, 15) is 4.79 Å². The number of hydrogen-bond donors (Lipinski definition) is 0. The van der Waals surface area contributed by atoms with Crippen LogP contribution in [0.3, 0.4) is 0 Å². The van der Waals surface area contributed by atoms with E-state index in [1.807, 2.05) is 25.1 Å². The van der Waals surface area contributed by atoms with Crippen LogP contribution in [0.1, 0.15) is 23.4 Å². The molecule has 4 heteroatoms. The van der Waals surface area contributed by atoms with E-state index in [1.54, 1.807) is 17.4 Å². The number of aromatic nitrogens is 1. The van der Waals surface area contributed by atoms with E-state index in [2.05, 4.69) is 9.98 Å². The zero-order valence-corrected chi connectivity index (χ0v) is 9.67. The van der Waals surface area contributed by atoms with Crippen LogP contribution in [0.5, 0.6) is 0 Å². The number of thiazole rings is 1. The lowest BCUT2D eigenvalue weighted by molar-refractivity contribution is 0.556. The molecule has 1 fully saturated rings. The van der Waals surface area contributed by atoms with Crippen LogP contribution >= 0.6 is 11.3 Å². The Morgan fingerprint density at radius 3 is 3.00 bits per heavy atom. The van der Waals surface area contributed by atoms with Crippen LogP contribution < -0.4 is 0 Å². The summed E-state index contributed by atoms with van der Waals surface area (Å²) in [5, 5.41) is 1.05. The molecule has 0 unspecified atom stereocenters. The van der Waals surface area contributed by atoms with E-state index in [-0.39, 0.29) is 5.54 Å². The Bertz CT molecular complexity index is 607. The van der Waals surface area contributed by atoms with Crippen LogP contribution in [0.25, 0.3) is 10.2 Å². The molecule has 1 aliphatic carbocycles. The Labute approximate surface area is 96.8 Å². The van der Waals surface area contributed by atoms with Gasteiger partial charge >= 0.3 is 0 Å². The van der Waals surface area contributed by atoms with E-state index in [1.165, 1.54) is 0 Å². The average molecular weight is 230 g/mol. The smallest absolute Gasteiger partial charge is 0.235 e. The molecule has 1 aromatic carbocycles. The lowest BCUT2D eigenvalue weighted by Gasteiger charge is -2.08. The molecule has 0 N–H and O–H groups in total. The van der Waals surface area contributed by atoms with Crippen LogP contribution in [0.15, 0.2) is 23.2 Å². The van der Waals surface area contributed by atoms with Crippen molar-refractivity contribution in [1.82, 2.24) is 4.98 Å². The van der Waals surface area contributed by atoms with Crippen molar-refractivity contribution in [1.29, 1.82) is 0 Å². The van der Waals surface area contributed by atoms with Crippen molar-refractivity contribution in [2.45, 2.75) is 25.3 Å². The number of carbonyl (C=O) groups excluding carboxylic acids is 1. The number of rotatable bonds is 2. The van der Waals surface area contributed by atoms with Crippen molar-refractivity contribution >= 4 is 27.6 Å². The summed E-state index contributed by atoms with van der Waals surface area (Å²) in [5.41, 5.74) is 1.85. The SMILES string of the molecule is Cc1nc2cccc(C3(N=C=O)CC3)c2s1. The monoisotopic (exact) mass is 230 g/mol. The number of benzene rings is 1. The summed E-state index contributed by atoms with van der Waals surface area (Å²) in [7, 11) is 0. The third kappa shape index (κ3) is 1.31. The zero-order chi connectivity index (χ0) is 11.2. The molecular weight excluding hydrogens is 220 g/mol. The van der Waals surface area contributed by atoms with Crippen LogP contribution in [-0.4, -0.2) is 11.1 Å². The van der Waals surface area contributed by atoms with Gasteiger partial charge in [-0.25, -0.2) is 9.78 Å². The molecule has 0 spiro atoms. The molecule has 0 saturated heterocycles. The summed E-state index contributed by atoms with van der Waals surface area (Å²) in [6, 6.07) is 6.04. The second kappa shape index (κ2) is 3.24. The fourth-order valence-electron chi connectivity index (χ4n) is 2.07. The predicted octanol–water partition coefficient (Wildman–Crippen LogP) is 2.93. The second-order valence-corrected chi connectivity index (χ2v) is 5.32. The molecule has 3 nitrogen and oxygen atoms in total. The number of hydrogen-bond acceptors (Lipinski definition) is 4. The van der Waals surface area contributed by atoms with Gasteiger partial charge in [-0.05, 0) is 31.4 Å². The van der Waals surface area contributed by atoms with Crippen LogP contribution in [0.4, 0.5) is 0 Å². The molecule has 1 heterocycles. The molecule has 16 heavy (non-hydrogen) atoms. The van der Waals surface area contributed by atoms with Gasteiger partial charge in [-0.2, -0.15) is 4.99 Å². The molecule has 0 aliphatic heterocycles. The highest BCUT2D eigenvalue weighted by atomic mass is 32.1. The van der Waals surface area contributed by atoms with Crippen molar-refractivity contribution in [2.24, 2.45) is 4.99 Å². The van der Waals surface area contributed by atoms with Crippen LogP contribution in [-0.2, 0) is 10.3 Å². The molecule has 0 bridgehead atoms. The Balaban J connectivity index is 2.27. The van der Waals surface area contributed by atoms with E-state index in [4.69, 9.17) is 0 Å². The van der Waals surface area contributed by atoms with E-state index < -0.39 is 0 Å². The second-order valence-electron chi connectivity index (χ2n) is 4.12. The van der Waals surface area contributed by atoms with Crippen molar-refractivity contribution in [2.75, 3.05) is 0 Å². The van der Waals surface area contributed by atoms with Crippen molar-refractivity contribution in [3.8, 4) is 0 Å². The highest BCUT2D eigenvalue weighted by Gasteiger charge is 2.46. The van der Waals surface area contributed by atoms with Gasteiger partial charge in [-0.3, -0.25) is 0 Å². The van der Waals surface area contributed by atoms with Crippen LogP contribution in [0, 0.1) is 6.92 Å². The number of fused-ring (bicyclic) bond motifs is 1. The maximum Gasteiger partial charge on any atom is 0.235 e. The first-order chi connectivity index (χ1) is 7.75. The van der Waals surface area contributed by atoms with Crippen molar-refractivity contribution in [3.05, 3.63) is 28.8 Å². The molecule has 3 rings (SSSR count). The maximum atomic E-state index is 10.5. The topological polar surface area (TPSA) is 42.3 Å². The van der Waals surface area contributed by atoms with Gasteiger partial charge in [0.05, 0.1) is 20.8 Å². The van der Waals surface area contributed by atoms with Gasteiger partial charge in [0, 0.05) is 0 Å². The zero-order valence-electron chi connectivity index (χ0n) is 8.86. The normalized spacial score (nSPS) is 17.1. The summed E-state index contributed by atoms with van der Waals surface area (Å²) in [6.45, 7) is 2.00. The summed E-state index contributed by atoms with van der Waals surface area (Å²) in [6.07, 6.45) is 3.59. The third-order valence-electron chi connectivity index (χ3n) is 3.01. The standard InChI is InChI=1S/C12H10N2OS/c1-8-14-10-4-2-3-9(11(10)16-8)12(5-6-12)13-7-15/h2-4H,5-6H2,1H3. The minimum Gasteiger partial charge on any atom is -0.242 e. The van der Waals surface area contributed by atoms with E-state index in [0.29, 0.717) is 0 Å². The van der Waals surface area contributed by atoms with Gasteiger partial charge in [-0.1, -0.05) is 12.1 Å². The number of nitrogens with zero attached hydrogens (tertiary/aromatic N) is 2. The predicted molar refractivity (Wildman–Crippen MR) is 63.4 cm³/mol. The van der Waals surface area contributed by atoms with Gasteiger partial charge in [0.2, 0.25) is 6.08 Å². The molecule has 0 amide bonds. The third-order valence-corrected chi connectivity index (χ3v) is 4.03. The lowest BCUT2D eigenvalue weighted by atomic mass is 10.1. The fourth-order valence-corrected chi connectivity index (χ4v) is 3.10. The lowest BCUT2D eigenvalue weighted by Crippen LogP contribution is -2.01. The average Bonchev–Trinajstić information content (AvgIpc) is 2.92. The van der Waals surface area contributed by atoms with Gasteiger partial charge in [0.1, 0.15) is 0 Å².